The van der Waals surface area contributed by atoms with E-state index in [4.69, 9.17) is 19.2 Å². The van der Waals surface area contributed by atoms with Crippen LogP contribution < -0.4 is 5.32 Å². The molecule has 2 unspecified atom stereocenters. The molecule has 2 atom stereocenters. The number of hydrogen-bond donors (Lipinski definition) is 1. The highest BCUT2D eigenvalue weighted by molar-refractivity contribution is 14.0. The maximum Gasteiger partial charge on any atom is 0.193 e. The molecule has 2 saturated heterocycles. The number of ether oxygens (including phenoxy) is 3. The first-order valence-corrected chi connectivity index (χ1v) is 11.6. The zero-order valence-corrected chi connectivity index (χ0v) is 21.9. The number of likely N-dealkylation sites (tertiary alicyclic amines) is 1. The molecular formula is C22H45IN4O3. The Morgan fingerprint density at radius 1 is 1.13 bits per heavy atom. The third-order valence-electron chi connectivity index (χ3n) is 6.24. The highest BCUT2D eigenvalue weighted by Crippen LogP contribution is 2.21. The fraction of sp³-hybridized carbons (Fsp3) is 0.955. The molecule has 2 rings (SSSR count). The van der Waals surface area contributed by atoms with Crippen LogP contribution in [0.4, 0.5) is 0 Å². The number of hydrogen-bond acceptors (Lipinski definition) is 5. The first-order valence-electron chi connectivity index (χ1n) is 11.6. The van der Waals surface area contributed by atoms with Crippen molar-refractivity contribution in [3.05, 3.63) is 0 Å². The molecule has 2 aliphatic heterocycles. The molecule has 0 bridgehead atoms. The molecule has 0 spiro atoms. The Bertz CT molecular complexity index is 460. The summed E-state index contributed by atoms with van der Waals surface area (Å²) in [4.78, 5) is 10.1. The van der Waals surface area contributed by atoms with E-state index in [0.717, 1.165) is 71.5 Å². The number of rotatable bonds is 12. The molecule has 0 aromatic heterocycles. The molecule has 2 fully saturated rings. The molecule has 1 N–H and O–H groups in total. The lowest BCUT2D eigenvalue weighted by atomic mass is 9.92. The molecule has 8 heteroatoms. The van der Waals surface area contributed by atoms with Gasteiger partial charge in [0, 0.05) is 51.8 Å². The number of halogens is 1. The predicted octanol–water partition coefficient (Wildman–Crippen LogP) is 2.69. The lowest BCUT2D eigenvalue weighted by Crippen LogP contribution is -2.49. The van der Waals surface area contributed by atoms with Crippen molar-refractivity contribution in [1.29, 1.82) is 0 Å². The van der Waals surface area contributed by atoms with E-state index in [1.165, 1.54) is 12.8 Å². The van der Waals surface area contributed by atoms with Crippen LogP contribution in [0.2, 0.25) is 0 Å². The van der Waals surface area contributed by atoms with Crippen molar-refractivity contribution in [2.75, 3.05) is 79.4 Å². The third kappa shape index (κ3) is 9.14. The molecule has 0 amide bonds. The van der Waals surface area contributed by atoms with Crippen LogP contribution >= 0.6 is 24.0 Å². The molecule has 2 aliphatic rings. The normalized spacial score (nSPS) is 21.7. The van der Waals surface area contributed by atoms with Crippen molar-refractivity contribution in [1.82, 2.24) is 15.1 Å². The van der Waals surface area contributed by atoms with Gasteiger partial charge in [0.2, 0.25) is 0 Å². The topological polar surface area (TPSA) is 58.6 Å². The number of aliphatic imine (C=N–C) groups is 1. The van der Waals surface area contributed by atoms with Gasteiger partial charge in [-0.1, -0.05) is 26.7 Å². The molecule has 178 valence electrons. The summed E-state index contributed by atoms with van der Waals surface area (Å²) in [6.45, 7) is 16.5. The molecule has 7 nitrogen and oxygen atoms in total. The van der Waals surface area contributed by atoms with Crippen LogP contribution in [-0.2, 0) is 14.2 Å². The van der Waals surface area contributed by atoms with E-state index in [9.17, 15) is 0 Å². The summed E-state index contributed by atoms with van der Waals surface area (Å²) < 4.78 is 16.4. The minimum atomic E-state index is 0. The second-order valence-electron chi connectivity index (χ2n) is 8.16. The predicted molar refractivity (Wildman–Crippen MR) is 134 cm³/mol. The van der Waals surface area contributed by atoms with Gasteiger partial charge in [-0.25, -0.2) is 0 Å². The van der Waals surface area contributed by atoms with Gasteiger partial charge in [-0.15, -0.1) is 24.0 Å². The maximum absolute atomic E-state index is 5.75. The summed E-state index contributed by atoms with van der Waals surface area (Å²) in [7, 11) is 1.71. The van der Waals surface area contributed by atoms with Gasteiger partial charge in [0.05, 0.1) is 39.6 Å². The van der Waals surface area contributed by atoms with Crippen LogP contribution in [0.3, 0.4) is 0 Å². The standard InChI is InChI=1S/C22H44N4O3.HI/c1-5-20(6-2)21(25-10-12-28-13-11-25)16-24-22(23-7-3)26-9-8-19(17-26)18-29-15-14-27-4;/h19-21H,5-18H2,1-4H3,(H,23,24);1H. The second-order valence-corrected chi connectivity index (χ2v) is 8.16. The van der Waals surface area contributed by atoms with Crippen LogP contribution in [-0.4, -0.2) is 101 Å². The van der Waals surface area contributed by atoms with Crippen molar-refractivity contribution in [3.63, 3.8) is 0 Å². The SMILES string of the molecule is CCNC(=NCC(C(CC)CC)N1CCOCC1)N1CCC(COCCOC)C1.I. The lowest BCUT2D eigenvalue weighted by molar-refractivity contribution is 0.00391. The Morgan fingerprint density at radius 2 is 1.87 bits per heavy atom. The highest BCUT2D eigenvalue weighted by atomic mass is 127. The van der Waals surface area contributed by atoms with Gasteiger partial charge >= 0.3 is 0 Å². The van der Waals surface area contributed by atoms with E-state index in [2.05, 4.69) is 35.9 Å². The quantitative estimate of drug-likeness (QED) is 0.178. The van der Waals surface area contributed by atoms with E-state index < -0.39 is 0 Å². The number of nitrogens with one attached hydrogen (secondary N) is 1. The first-order chi connectivity index (χ1) is 14.2. The fourth-order valence-electron chi connectivity index (χ4n) is 4.46. The molecule has 0 saturated carbocycles. The number of nitrogens with zero attached hydrogens (tertiary/aromatic N) is 3. The monoisotopic (exact) mass is 540 g/mol. The summed E-state index contributed by atoms with van der Waals surface area (Å²) in [6, 6.07) is 0.498. The minimum absolute atomic E-state index is 0. The van der Waals surface area contributed by atoms with Crippen molar-refractivity contribution in [2.45, 2.75) is 46.1 Å². The minimum Gasteiger partial charge on any atom is -0.382 e. The van der Waals surface area contributed by atoms with Gasteiger partial charge in [0.25, 0.3) is 0 Å². The summed E-state index contributed by atoms with van der Waals surface area (Å²) in [5.74, 6) is 2.32. The Balaban J connectivity index is 0.00000450. The van der Waals surface area contributed by atoms with E-state index in [-0.39, 0.29) is 24.0 Å². The van der Waals surface area contributed by atoms with Gasteiger partial charge in [-0.3, -0.25) is 9.89 Å². The largest absolute Gasteiger partial charge is 0.382 e. The average Bonchev–Trinajstić information content (AvgIpc) is 3.22. The number of guanidine groups is 1. The zero-order chi connectivity index (χ0) is 20.9. The Hall–Kier alpha value is -0.160. The summed E-state index contributed by atoms with van der Waals surface area (Å²) >= 11 is 0. The number of methoxy groups -OCH3 is 1. The van der Waals surface area contributed by atoms with Crippen molar-refractivity contribution >= 4 is 29.9 Å². The highest BCUT2D eigenvalue weighted by Gasteiger charge is 2.28. The van der Waals surface area contributed by atoms with Crippen LogP contribution in [0.1, 0.15) is 40.0 Å². The molecule has 0 aromatic rings. The zero-order valence-electron chi connectivity index (χ0n) is 19.6. The van der Waals surface area contributed by atoms with Crippen LogP contribution in [0.5, 0.6) is 0 Å². The average molecular weight is 541 g/mol. The van der Waals surface area contributed by atoms with Gasteiger partial charge in [-0.2, -0.15) is 0 Å². The third-order valence-corrected chi connectivity index (χ3v) is 6.24. The summed E-state index contributed by atoms with van der Waals surface area (Å²) in [5, 5.41) is 3.53. The Kier molecular flexibility index (Phi) is 15.3. The van der Waals surface area contributed by atoms with E-state index >= 15 is 0 Å². The molecular weight excluding hydrogens is 495 g/mol. The maximum atomic E-state index is 5.75. The van der Waals surface area contributed by atoms with Crippen molar-refractivity contribution in [2.24, 2.45) is 16.8 Å². The van der Waals surface area contributed by atoms with Crippen LogP contribution in [0, 0.1) is 11.8 Å². The second kappa shape index (κ2) is 16.5. The van der Waals surface area contributed by atoms with Crippen LogP contribution in [0.25, 0.3) is 0 Å². The lowest BCUT2D eigenvalue weighted by Gasteiger charge is -2.38. The fourth-order valence-corrected chi connectivity index (χ4v) is 4.46. The van der Waals surface area contributed by atoms with Gasteiger partial charge < -0.3 is 24.4 Å². The van der Waals surface area contributed by atoms with E-state index in [1.807, 2.05) is 0 Å². The Morgan fingerprint density at radius 3 is 2.50 bits per heavy atom. The van der Waals surface area contributed by atoms with Crippen molar-refractivity contribution in [3.8, 4) is 0 Å². The molecule has 0 aliphatic carbocycles. The number of morpholine rings is 1. The molecule has 30 heavy (non-hydrogen) atoms. The van der Waals surface area contributed by atoms with E-state index in [0.29, 0.717) is 31.1 Å². The smallest absolute Gasteiger partial charge is 0.193 e. The first kappa shape index (κ1) is 27.9. The van der Waals surface area contributed by atoms with Crippen molar-refractivity contribution < 1.29 is 14.2 Å². The Labute approximate surface area is 201 Å². The summed E-state index contributed by atoms with van der Waals surface area (Å²) in [5.41, 5.74) is 0. The molecule has 0 aromatic carbocycles. The van der Waals surface area contributed by atoms with Crippen LogP contribution in [0.15, 0.2) is 4.99 Å². The summed E-state index contributed by atoms with van der Waals surface area (Å²) in [6.07, 6.45) is 3.57. The molecule has 2 heterocycles. The van der Waals surface area contributed by atoms with Gasteiger partial charge in [0.1, 0.15) is 0 Å². The van der Waals surface area contributed by atoms with E-state index in [1.54, 1.807) is 7.11 Å². The van der Waals surface area contributed by atoms with Gasteiger partial charge in [0.15, 0.2) is 5.96 Å². The van der Waals surface area contributed by atoms with Gasteiger partial charge in [-0.05, 0) is 19.3 Å². The molecule has 0 radical (unpaired) electrons.